The summed E-state index contributed by atoms with van der Waals surface area (Å²) in [6, 6.07) is 2.46. The van der Waals surface area contributed by atoms with Crippen molar-refractivity contribution in [2.24, 2.45) is 0 Å². The molecule has 0 amide bonds. The monoisotopic (exact) mass is 299 g/mol. The molecule has 1 N–H and O–H groups in total. The van der Waals surface area contributed by atoms with Gasteiger partial charge in [0.05, 0.1) is 17.9 Å². The molecule has 2 aromatic rings. The van der Waals surface area contributed by atoms with E-state index >= 15 is 0 Å². The van der Waals surface area contributed by atoms with Crippen molar-refractivity contribution in [1.29, 1.82) is 0 Å². The van der Waals surface area contributed by atoms with Crippen molar-refractivity contribution in [3.8, 4) is 0 Å². The summed E-state index contributed by atoms with van der Waals surface area (Å²) in [7, 11) is 0. The number of rotatable bonds is 4. The average Bonchev–Trinajstić information content (AvgIpc) is 2.87. The standard InChI is InChI=1S/C11H14BrN3S/c1-3-15-6-10(5-13-15)14-8(2)11-4-9(12)7-16-11/h4-8,14H,3H2,1-2H3. The first-order valence-electron chi connectivity index (χ1n) is 5.22. The summed E-state index contributed by atoms with van der Waals surface area (Å²) in [5, 5.41) is 9.77. The molecule has 1 atom stereocenters. The van der Waals surface area contributed by atoms with Gasteiger partial charge in [0.1, 0.15) is 0 Å². The number of nitrogens with one attached hydrogen (secondary N) is 1. The fraction of sp³-hybridized carbons (Fsp3) is 0.364. The number of nitrogens with zero attached hydrogens (tertiary/aromatic N) is 2. The van der Waals surface area contributed by atoms with Crippen molar-refractivity contribution < 1.29 is 0 Å². The first kappa shape index (κ1) is 11.7. The number of hydrogen-bond acceptors (Lipinski definition) is 3. The molecule has 5 heteroatoms. The maximum atomic E-state index is 4.23. The van der Waals surface area contributed by atoms with Crippen LogP contribution in [0.2, 0.25) is 0 Å². The second-order valence-corrected chi connectivity index (χ2v) is 5.48. The van der Waals surface area contributed by atoms with Crippen LogP contribution in [-0.4, -0.2) is 9.78 Å². The number of halogens is 1. The van der Waals surface area contributed by atoms with E-state index in [1.807, 2.05) is 17.1 Å². The Morgan fingerprint density at radius 2 is 2.44 bits per heavy atom. The highest BCUT2D eigenvalue weighted by molar-refractivity contribution is 9.10. The van der Waals surface area contributed by atoms with Crippen LogP contribution in [0.4, 0.5) is 5.69 Å². The third-order valence-electron chi connectivity index (χ3n) is 2.35. The minimum absolute atomic E-state index is 0.311. The van der Waals surface area contributed by atoms with Crippen molar-refractivity contribution in [3.05, 3.63) is 33.2 Å². The SMILES string of the molecule is CCn1cc(NC(C)c2cc(Br)cs2)cn1. The van der Waals surface area contributed by atoms with E-state index < -0.39 is 0 Å². The molecule has 1 unspecified atom stereocenters. The van der Waals surface area contributed by atoms with Crippen LogP contribution >= 0.6 is 27.3 Å². The third kappa shape index (κ3) is 2.65. The second-order valence-electron chi connectivity index (χ2n) is 3.62. The Labute approximate surface area is 108 Å². The molecule has 2 rings (SSSR count). The molecule has 2 heterocycles. The number of aryl methyl sites for hydroxylation is 1. The van der Waals surface area contributed by atoms with Crippen molar-refractivity contribution >= 4 is 33.0 Å². The number of thiophene rings is 1. The Morgan fingerprint density at radius 3 is 3.00 bits per heavy atom. The van der Waals surface area contributed by atoms with Gasteiger partial charge in [-0.25, -0.2) is 0 Å². The summed E-state index contributed by atoms with van der Waals surface area (Å²) in [6.07, 6.45) is 3.89. The summed E-state index contributed by atoms with van der Waals surface area (Å²) in [6.45, 7) is 5.14. The topological polar surface area (TPSA) is 29.9 Å². The maximum absolute atomic E-state index is 4.23. The predicted molar refractivity (Wildman–Crippen MR) is 72.0 cm³/mol. The van der Waals surface area contributed by atoms with E-state index in [9.17, 15) is 0 Å². The fourth-order valence-electron chi connectivity index (χ4n) is 1.49. The first-order chi connectivity index (χ1) is 7.69. The molecule has 0 bridgehead atoms. The van der Waals surface area contributed by atoms with E-state index in [0.29, 0.717) is 6.04 Å². The van der Waals surface area contributed by atoms with Crippen LogP contribution in [0.3, 0.4) is 0 Å². The van der Waals surface area contributed by atoms with Gasteiger partial charge < -0.3 is 5.32 Å². The van der Waals surface area contributed by atoms with E-state index in [2.05, 4.69) is 51.6 Å². The molecule has 16 heavy (non-hydrogen) atoms. The van der Waals surface area contributed by atoms with Crippen molar-refractivity contribution in [1.82, 2.24) is 9.78 Å². The van der Waals surface area contributed by atoms with Crippen LogP contribution in [0.5, 0.6) is 0 Å². The lowest BCUT2D eigenvalue weighted by molar-refractivity contribution is 0.660. The molecular formula is C11H14BrN3S. The van der Waals surface area contributed by atoms with Gasteiger partial charge in [-0.15, -0.1) is 11.3 Å². The average molecular weight is 300 g/mol. The van der Waals surface area contributed by atoms with Crippen LogP contribution in [0, 0.1) is 0 Å². The molecule has 0 aliphatic carbocycles. The summed E-state index contributed by atoms with van der Waals surface area (Å²) >= 11 is 5.22. The summed E-state index contributed by atoms with van der Waals surface area (Å²) in [5.74, 6) is 0. The smallest absolute Gasteiger partial charge is 0.0731 e. The van der Waals surface area contributed by atoms with Crippen LogP contribution in [-0.2, 0) is 6.54 Å². The van der Waals surface area contributed by atoms with E-state index in [-0.39, 0.29) is 0 Å². The minimum atomic E-state index is 0.311. The summed E-state index contributed by atoms with van der Waals surface area (Å²) < 4.78 is 3.06. The molecular weight excluding hydrogens is 286 g/mol. The normalized spacial score (nSPS) is 12.7. The molecule has 0 aliphatic rings. The Bertz CT molecular complexity index is 463. The second kappa shape index (κ2) is 5.01. The highest BCUT2D eigenvalue weighted by atomic mass is 79.9. The van der Waals surface area contributed by atoms with Crippen molar-refractivity contribution in [3.63, 3.8) is 0 Å². The lowest BCUT2D eigenvalue weighted by Gasteiger charge is -2.11. The molecule has 2 aromatic heterocycles. The molecule has 0 saturated heterocycles. The van der Waals surface area contributed by atoms with Gasteiger partial charge in [-0.05, 0) is 35.8 Å². The van der Waals surface area contributed by atoms with Crippen molar-refractivity contribution in [2.45, 2.75) is 26.4 Å². The number of aromatic nitrogens is 2. The van der Waals surface area contributed by atoms with Crippen LogP contribution < -0.4 is 5.32 Å². The van der Waals surface area contributed by atoms with Gasteiger partial charge in [-0.1, -0.05) is 0 Å². The van der Waals surface area contributed by atoms with E-state index in [0.717, 1.165) is 16.7 Å². The molecule has 86 valence electrons. The van der Waals surface area contributed by atoms with E-state index in [4.69, 9.17) is 0 Å². The Morgan fingerprint density at radius 1 is 1.62 bits per heavy atom. The molecule has 0 aromatic carbocycles. The largest absolute Gasteiger partial charge is 0.375 e. The zero-order valence-electron chi connectivity index (χ0n) is 9.27. The highest BCUT2D eigenvalue weighted by Gasteiger charge is 2.08. The van der Waals surface area contributed by atoms with Gasteiger partial charge in [-0.2, -0.15) is 5.10 Å². The molecule has 0 spiro atoms. The summed E-state index contributed by atoms with van der Waals surface area (Å²) in [5.41, 5.74) is 1.07. The summed E-state index contributed by atoms with van der Waals surface area (Å²) in [4.78, 5) is 1.32. The van der Waals surface area contributed by atoms with Gasteiger partial charge in [0.25, 0.3) is 0 Å². The predicted octanol–water partition coefficient (Wildman–Crippen LogP) is 3.90. The first-order valence-corrected chi connectivity index (χ1v) is 6.89. The molecule has 0 radical (unpaired) electrons. The Kier molecular flexibility index (Phi) is 3.66. The van der Waals surface area contributed by atoms with Gasteiger partial charge in [0.2, 0.25) is 0 Å². The van der Waals surface area contributed by atoms with Gasteiger partial charge in [0, 0.05) is 27.5 Å². The molecule has 3 nitrogen and oxygen atoms in total. The number of hydrogen-bond donors (Lipinski definition) is 1. The van der Waals surface area contributed by atoms with E-state index in [1.54, 1.807) is 11.3 Å². The van der Waals surface area contributed by atoms with Gasteiger partial charge in [0.15, 0.2) is 0 Å². The highest BCUT2D eigenvalue weighted by Crippen LogP contribution is 2.27. The van der Waals surface area contributed by atoms with Crippen molar-refractivity contribution in [2.75, 3.05) is 5.32 Å². The number of anilines is 1. The third-order valence-corrected chi connectivity index (χ3v) is 4.23. The molecule has 0 aliphatic heterocycles. The van der Waals surface area contributed by atoms with E-state index in [1.165, 1.54) is 4.88 Å². The zero-order chi connectivity index (χ0) is 11.5. The lowest BCUT2D eigenvalue weighted by Crippen LogP contribution is -2.03. The minimum Gasteiger partial charge on any atom is -0.375 e. The van der Waals surface area contributed by atoms with Gasteiger partial charge in [-0.3, -0.25) is 4.68 Å². The molecule has 0 saturated carbocycles. The molecule has 0 fully saturated rings. The van der Waals surface area contributed by atoms with Crippen LogP contribution in [0.15, 0.2) is 28.3 Å². The maximum Gasteiger partial charge on any atom is 0.0731 e. The lowest BCUT2D eigenvalue weighted by atomic mass is 10.3. The fourth-order valence-corrected chi connectivity index (χ4v) is 2.94. The zero-order valence-corrected chi connectivity index (χ0v) is 11.7. The van der Waals surface area contributed by atoms with Crippen LogP contribution in [0.1, 0.15) is 24.8 Å². The quantitative estimate of drug-likeness (QED) is 0.928. The Hall–Kier alpha value is -0.810. The van der Waals surface area contributed by atoms with Gasteiger partial charge >= 0.3 is 0 Å². The van der Waals surface area contributed by atoms with Crippen LogP contribution in [0.25, 0.3) is 0 Å². The Balaban J connectivity index is 2.04.